The van der Waals surface area contributed by atoms with Gasteiger partial charge in [-0.1, -0.05) is 48.7 Å². The molecule has 0 aliphatic heterocycles. The summed E-state index contributed by atoms with van der Waals surface area (Å²) in [5, 5.41) is 1.22. The van der Waals surface area contributed by atoms with Crippen LogP contribution in [0.15, 0.2) is 33.6 Å². The van der Waals surface area contributed by atoms with Gasteiger partial charge in [0, 0.05) is 4.90 Å². The molecule has 6 heteroatoms. The second-order valence-corrected chi connectivity index (χ2v) is 6.74. The number of rotatable bonds is 5. The molecule has 0 amide bonds. The number of benzene rings is 1. The van der Waals surface area contributed by atoms with Crippen LogP contribution in [0.5, 0.6) is 0 Å². The van der Waals surface area contributed by atoms with Crippen molar-refractivity contribution in [2.45, 2.75) is 30.4 Å². The molecule has 0 radical (unpaired) electrons. The molecule has 2 aromatic rings. The van der Waals surface area contributed by atoms with Crippen LogP contribution in [0.2, 0.25) is 10.2 Å². The zero-order chi connectivity index (χ0) is 14.5. The third-order valence-electron chi connectivity index (χ3n) is 2.61. The van der Waals surface area contributed by atoms with Crippen molar-refractivity contribution in [1.82, 2.24) is 9.97 Å². The first-order valence-electron chi connectivity index (χ1n) is 6.20. The SMILES string of the molecule is CCCc1nc(CSc2ccccc2Cl)nc(Cl)c1Br. The van der Waals surface area contributed by atoms with Gasteiger partial charge >= 0.3 is 0 Å². The summed E-state index contributed by atoms with van der Waals surface area (Å²) in [7, 11) is 0. The Kier molecular flexibility index (Phi) is 6.15. The Labute approximate surface area is 141 Å². The molecule has 0 atom stereocenters. The first-order valence-corrected chi connectivity index (χ1v) is 8.73. The van der Waals surface area contributed by atoms with Crippen LogP contribution in [0.4, 0.5) is 0 Å². The van der Waals surface area contributed by atoms with Crippen molar-refractivity contribution < 1.29 is 0 Å². The van der Waals surface area contributed by atoms with E-state index in [1.54, 1.807) is 11.8 Å². The molecule has 0 aliphatic carbocycles. The largest absolute Gasteiger partial charge is 0.236 e. The third-order valence-corrected chi connectivity index (χ3v) is 5.45. The topological polar surface area (TPSA) is 25.8 Å². The van der Waals surface area contributed by atoms with Crippen LogP contribution < -0.4 is 0 Å². The van der Waals surface area contributed by atoms with Gasteiger partial charge in [-0.2, -0.15) is 0 Å². The summed E-state index contributed by atoms with van der Waals surface area (Å²) in [6, 6.07) is 7.74. The average molecular weight is 392 g/mol. The van der Waals surface area contributed by atoms with Gasteiger partial charge < -0.3 is 0 Å². The molecule has 106 valence electrons. The van der Waals surface area contributed by atoms with Gasteiger partial charge in [-0.15, -0.1) is 11.8 Å². The number of hydrogen-bond donors (Lipinski definition) is 0. The smallest absolute Gasteiger partial charge is 0.147 e. The van der Waals surface area contributed by atoms with Crippen molar-refractivity contribution in [3.05, 3.63) is 50.4 Å². The summed E-state index contributed by atoms with van der Waals surface area (Å²) in [5.41, 5.74) is 0.960. The number of aromatic nitrogens is 2. The van der Waals surface area contributed by atoms with Crippen molar-refractivity contribution in [3.63, 3.8) is 0 Å². The standard InChI is InChI=1S/C14H13BrCl2N2S/c1-2-5-10-13(15)14(17)19-12(18-10)8-20-11-7-4-3-6-9(11)16/h3-4,6-7H,2,5,8H2,1H3. The summed E-state index contributed by atoms with van der Waals surface area (Å²) < 4.78 is 0.799. The lowest BCUT2D eigenvalue weighted by Gasteiger charge is -2.08. The van der Waals surface area contributed by atoms with E-state index in [4.69, 9.17) is 23.2 Å². The van der Waals surface area contributed by atoms with E-state index in [1.165, 1.54) is 0 Å². The van der Waals surface area contributed by atoms with Crippen molar-refractivity contribution in [3.8, 4) is 0 Å². The Hall–Kier alpha value is -0.290. The Morgan fingerprint density at radius 1 is 1.20 bits per heavy atom. The Morgan fingerprint density at radius 2 is 1.95 bits per heavy atom. The fourth-order valence-corrected chi connectivity index (χ4v) is 3.36. The van der Waals surface area contributed by atoms with E-state index in [0.717, 1.165) is 38.8 Å². The van der Waals surface area contributed by atoms with Gasteiger partial charge in [0.15, 0.2) is 0 Å². The van der Waals surface area contributed by atoms with Gasteiger partial charge in [0.05, 0.1) is 20.9 Å². The molecule has 0 aliphatic rings. The van der Waals surface area contributed by atoms with Gasteiger partial charge in [-0.05, 0) is 34.5 Å². The van der Waals surface area contributed by atoms with Crippen molar-refractivity contribution >= 4 is 50.9 Å². The van der Waals surface area contributed by atoms with Gasteiger partial charge in [-0.3, -0.25) is 0 Å². The average Bonchev–Trinajstić information content (AvgIpc) is 2.43. The molecule has 1 aromatic carbocycles. The van der Waals surface area contributed by atoms with Crippen LogP contribution >= 0.6 is 50.9 Å². The second-order valence-electron chi connectivity index (χ2n) is 4.16. The first kappa shape index (κ1) is 16.1. The predicted molar refractivity (Wildman–Crippen MR) is 89.8 cm³/mol. The van der Waals surface area contributed by atoms with Crippen LogP contribution in [-0.2, 0) is 12.2 Å². The summed E-state index contributed by atoms with van der Waals surface area (Å²) in [6.07, 6.45) is 1.90. The summed E-state index contributed by atoms with van der Waals surface area (Å²) >= 11 is 17.3. The summed E-state index contributed by atoms with van der Waals surface area (Å²) in [4.78, 5) is 9.89. The molecule has 0 unspecified atom stereocenters. The van der Waals surface area contributed by atoms with Crippen molar-refractivity contribution in [2.24, 2.45) is 0 Å². The lowest BCUT2D eigenvalue weighted by atomic mass is 10.2. The van der Waals surface area contributed by atoms with E-state index in [0.29, 0.717) is 10.9 Å². The molecule has 1 aromatic heterocycles. The molecule has 0 saturated carbocycles. The van der Waals surface area contributed by atoms with Gasteiger partial charge in [0.1, 0.15) is 11.0 Å². The molecule has 0 fully saturated rings. The number of nitrogens with zero attached hydrogens (tertiary/aromatic N) is 2. The third kappa shape index (κ3) is 4.10. The highest BCUT2D eigenvalue weighted by atomic mass is 79.9. The van der Waals surface area contributed by atoms with Crippen LogP contribution in [0.1, 0.15) is 24.9 Å². The molecular weight excluding hydrogens is 379 g/mol. The van der Waals surface area contributed by atoms with Crippen LogP contribution in [0.3, 0.4) is 0 Å². The molecule has 0 spiro atoms. The highest BCUT2D eigenvalue weighted by molar-refractivity contribution is 9.10. The molecule has 0 saturated heterocycles. The van der Waals surface area contributed by atoms with Gasteiger partial charge in [0.2, 0.25) is 0 Å². The minimum atomic E-state index is 0.471. The Balaban J connectivity index is 2.16. The number of thioether (sulfide) groups is 1. The highest BCUT2D eigenvalue weighted by Gasteiger charge is 2.11. The number of halogens is 3. The molecule has 2 nitrogen and oxygen atoms in total. The monoisotopic (exact) mass is 390 g/mol. The van der Waals surface area contributed by atoms with Crippen molar-refractivity contribution in [1.29, 1.82) is 0 Å². The Morgan fingerprint density at radius 3 is 2.65 bits per heavy atom. The maximum Gasteiger partial charge on any atom is 0.147 e. The quantitative estimate of drug-likeness (QED) is 0.476. The van der Waals surface area contributed by atoms with E-state index < -0.39 is 0 Å². The van der Waals surface area contributed by atoms with Crippen LogP contribution in [0, 0.1) is 0 Å². The minimum Gasteiger partial charge on any atom is -0.236 e. The van der Waals surface area contributed by atoms with E-state index in [1.807, 2.05) is 24.3 Å². The van der Waals surface area contributed by atoms with E-state index >= 15 is 0 Å². The predicted octanol–water partition coefficient (Wildman–Crippen LogP) is 5.79. The van der Waals surface area contributed by atoms with Crippen LogP contribution in [-0.4, -0.2) is 9.97 Å². The van der Waals surface area contributed by atoms with Crippen LogP contribution in [0.25, 0.3) is 0 Å². The molecule has 0 N–H and O–H groups in total. The summed E-state index contributed by atoms with van der Waals surface area (Å²) in [6.45, 7) is 2.11. The number of hydrogen-bond acceptors (Lipinski definition) is 3. The number of aryl methyl sites for hydroxylation is 1. The van der Waals surface area contributed by atoms with E-state index in [-0.39, 0.29) is 0 Å². The van der Waals surface area contributed by atoms with Gasteiger partial charge in [0.25, 0.3) is 0 Å². The van der Waals surface area contributed by atoms with E-state index in [9.17, 15) is 0 Å². The lowest BCUT2D eigenvalue weighted by molar-refractivity contribution is 0.845. The fraction of sp³-hybridized carbons (Fsp3) is 0.286. The second kappa shape index (κ2) is 7.64. The first-order chi connectivity index (χ1) is 9.61. The molecule has 0 bridgehead atoms. The zero-order valence-corrected chi connectivity index (χ0v) is 14.8. The molecule has 20 heavy (non-hydrogen) atoms. The van der Waals surface area contributed by atoms with Crippen molar-refractivity contribution in [2.75, 3.05) is 0 Å². The summed E-state index contributed by atoms with van der Waals surface area (Å²) in [5.74, 6) is 1.37. The Bertz CT molecular complexity index is 608. The maximum atomic E-state index is 6.13. The van der Waals surface area contributed by atoms with E-state index in [2.05, 4.69) is 32.8 Å². The zero-order valence-electron chi connectivity index (χ0n) is 10.9. The normalized spacial score (nSPS) is 10.8. The molecule has 2 rings (SSSR count). The molecule has 1 heterocycles. The van der Waals surface area contributed by atoms with Gasteiger partial charge in [-0.25, -0.2) is 9.97 Å². The highest BCUT2D eigenvalue weighted by Crippen LogP contribution is 2.30. The maximum absolute atomic E-state index is 6.13. The minimum absolute atomic E-state index is 0.471. The fourth-order valence-electron chi connectivity index (χ4n) is 1.68. The lowest BCUT2D eigenvalue weighted by Crippen LogP contribution is -2.00. The molecular formula is C14H13BrCl2N2S.